The lowest BCUT2D eigenvalue weighted by Crippen LogP contribution is -2.30. The molecule has 1 heterocycles. The van der Waals surface area contributed by atoms with Crippen molar-refractivity contribution in [1.82, 2.24) is 9.97 Å². The number of ether oxygens (including phenoxy) is 1. The molecule has 3 N–H and O–H groups in total. The number of amides is 1. The summed E-state index contributed by atoms with van der Waals surface area (Å²) in [7, 11) is 0. The summed E-state index contributed by atoms with van der Waals surface area (Å²) >= 11 is 0. The van der Waals surface area contributed by atoms with Crippen molar-refractivity contribution in [2.24, 2.45) is 0 Å². The van der Waals surface area contributed by atoms with Gasteiger partial charge in [0, 0.05) is 11.1 Å². The highest BCUT2D eigenvalue weighted by Crippen LogP contribution is 2.22. The van der Waals surface area contributed by atoms with Crippen molar-refractivity contribution in [3.05, 3.63) is 51.2 Å². The Labute approximate surface area is 156 Å². The van der Waals surface area contributed by atoms with Crippen LogP contribution < -0.4 is 15.6 Å². The maximum atomic E-state index is 12.6. The molecular weight excluding hydrogens is 350 g/mol. The van der Waals surface area contributed by atoms with Gasteiger partial charge in [-0.25, -0.2) is 9.78 Å². The number of hydrogen-bond acceptors (Lipinski definition) is 5. The van der Waals surface area contributed by atoms with Gasteiger partial charge in [0.1, 0.15) is 17.1 Å². The smallest absolute Gasteiger partial charge is 0.341 e. The minimum atomic E-state index is -1.08. The molecule has 0 radical (unpaired) electrons. The van der Waals surface area contributed by atoms with E-state index >= 15 is 0 Å². The highest BCUT2D eigenvalue weighted by atomic mass is 16.5. The van der Waals surface area contributed by atoms with E-state index in [9.17, 15) is 14.4 Å². The van der Waals surface area contributed by atoms with E-state index in [-0.39, 0.29) is 11.0 Å². The monoisotopic (exact) mass is 373 g/mol. The third-order valence-electron chi connectivity index (χ3n) is 3.85. The molecule has 1 aromatic carbocycles. The summed E-state index contributed by atoms with van der Waals surface area (Å²) in [5, 5.41) is 11.3. The predicted octanol–water partition coefficient (Wildman–Crippen LogP) is 2.40. The number of rotatable bonds is 5. The molecule has 0 atom stereocenters. The van der Waals surface area contributed by atoms with Gasteiger partial charge in [0.2, 0.25) is 0 Å². The fourth-order valence-electron chi connectivity index (χ4n) is 2.40. The van der Waals surface area contributed by atoms with Crippen LogP contribution in [0.4, 0.5) is 5.69 Å². The van der Waals surface area contributed by atoms with Crippen molar-refractivity contribution in [3.8, 4) is 5.75 Å². The maximum Gasteiger partial charge on any atom is 0.341 e. The van der Waals surface area contributed by atoms with Crippen molar-refractivity contribution in [3.63, 3.8) is 0 Å². The topological polar surface area (TPSA) is 121 Å². The number of aromatic nitrogens is 2. The van der Waals surface area contributed by atoms with Crippen LogP contribution in [-0.2, 0) is 10.2 Å². The minimum Gasteiger partial charge on any atom is -0.482 e. The van der Waals surface area contributed by atoms with Crippen LogP contribution in [0.5, 0.6) is 5.75 Å². The van der Waals surface area contributed by atoms with E-state index in [4.69, 9.17) is 9.84 Å². The van der Waals surface area contributed by atoms with E-state index in [0.29, 0.717) is 28.5 Å². The number of aromatic amines is 1. The Morgan fingerprint density at radius 3 is 2.44 bits per heavy atom. The Morgan fingerprint density at radius 1 is 1.26 bits per heavy atom. The Morgan fingerprint density at radius 2 is 1.93 bits per heavy atom. The molecule has 0 aliphatic rings. The van der Waals surface area contributed by atoms with Gasteiger partial charge in [-0.3, -0.25) is 9.59 Å². The molecule has 0 spiro atoms. The Bertz CT molecular complexity index is 941. The number of benzene rings is 1. The summed E-state index contributed by atoms with van der Waals surface area (Å²) in [6.45, 7) is 8.66. The molecule has 0 bridgehead atoms. The van der Waals surface area contributed by atoms with Crippen molar-refractivity contribution in [1.29, 1.82) is 0 Å². The lowest BCUT2D eigenvalue weighted by molar-refractivity contribution is -0.139. The SMILES string of the molecule is Cc1cc(OCC(=O)O)ccc1NC(=O)c1c(C)nc(C(C)(C)C)[nH]c1=O. The molecule has 8 heteroatoms. The number of carbonyl (C=O) groups excluding carboxylic acids is 1. The highest BCUT2D eigenvalue weighted by Gasteiger charge is 2.22. The van der Waals surface area contributed by atoms with Gasteiger partial charge in [0.25, 0.3) is 11.5 Å². The molecular formula is C19H23N3O5. The summed E-state index contributed by atoms with van der Waals surface area (Å²) in [6.07, 6.45) is 0. The van der Waals surface area contributed by atoms with Crippen LogP contribution >= 0.6 is 0 Å². The number of anilines is 1. The molecule has 2 aromatic rings. The summed E-state index contributed by atoms with van der Waals surface area (Å²) in [5.41, 5.74) is 0.611. The maximum absolute atomic E-state index is 12.6. The van der Waals surface area contributed by atoms with Crippen LogP contribution in [0.25, 0.3) is 0 Å². The predicted molar refractivity (Wildman–Crippen MR) is 101 cm³/mol. The Kier molecular flexibility index (Phi) is 5.68. The average molecular weight is 373 g/mol. The second-order valence-corrected chi connectivity index (χ2v) is 7.24. The van der Waals surface area contributed by atoms with E-state index in [1.54, 1.807) is 32.0 Å². The standard InChI is InChI=1S/C19H23N3O5/c1-10-8-12(27-9-14(23)24)6-7-13(10)21-16(25)15-11(2)20-18(19(3,4)5)22-17(15)26/h6-8H,9H2,1-5H3,(H,21,25)(H,23,24)(H,20,22,26). The lowest BCUT2D eigenvalue weighted by atomic mass is 9.95. The number of carboxylic acids is 1. The Balaban J connectivity index is 2.25. The average Bonchev–Trinajstić information content (AvgIpc) is 2.53. The van der Waals surface area contributed by atoms with Gasteiger partial charge in [0.15, 0.2) is 6.61 Å². The second kappa shape index (κ2) is 7.61. The zero-order valence-corrected chi connectivity index (χ0v) is 16.0. The summed E-state index contributed by atoms with van der Waals surface area (Å²) < 4.78 is 5.10. The van der Waals surface area contributed by atoms with Crippen LogP contribution in [0.2, 0.25) is 0 Å². The molecule has 0 saturated heterocycles. The zero-order chi connectivity index (χ0) is 20.4. The number of carboxylic acid groups (broad SMARTS) is 1. The first-order chi connectivity index (χ1) is 12.5. The Hall–Kier alpha value is -3.16. The van der Waals surface area contributed by atoms with Crippen LogP contribution in [0.1, 0.15) is 48.2 Å². The number of nitrogens with one attached hydrogen (secondary N) is 2. The first-order valence-electron chi connectivity index (χ1n) is 8.37. The van der Waals surface area contributed by atoms with E-state index in [1.807, 2.05) is 20.8 Å². The van der Waals surface area contributed by atoms with Gasteiger partial charge < -0.3 is 20.1 Å². The quantitative estimate of drug-likeness (QED) is 0.740. The zero-order valence-electron chi connectivity index (χ0n) is 16.0. The van der Waals surface area contributed by atoms with Gasteiger partial charge >= 0.3 is 5.97 Å². The fraction of sp³-hybridized carbons (Fsp3) is 0.368. The second-order valence-electron chi connectivity index (χ2n) is 7.24. The molecule has 0 aliphatic carbocycles. The van der Waals surface area contributed by atoms with Crippen molar-refractivity contribution in [2.75, 3.05) is 11.9 Å². The van der Waals surface area contributed by atoms with E-state index in [1.165, 1.54) is 0 Å². The van der Waals surface area contributed by atoms with Gasteiger partial charge in [0.05, 0.1) is 5.69 Å². The summed E-state index contributed by atoms with van der Waals surface area (Å²) in [4.78, 5) is 42.6. The third-order valence-corrected chi connectivity index (χ3v) is 3.85. The summed E-state index contributed by atoms with van der Waals surface area (Å²) in [6, 6.07) is 4.74. The molecule has 27 heavy (non-hydrogen) atoms. The number of aliphatic carboxylic acids is 1. The van der Waals surface area contributed by atoms with E-state index < -0.39 is 24.0 Å². The van der Waals surface area contributed by atoms with Crippen LogP contribution in [-0.4, -0.2) is 33.6 Å². The molecule has 0 fully saturated rings. The first-order valence-corrected chi connectivity index (χ1v) is 8.37. The van der Waals surface area contributed by atoms with E-state index in [2.05, 4.69) is 15.3 Å². The molecule has 1 aromatic heterocycles. The van der Waals surface area contributed by atoms with Crippen LogP contribution in [0, 0.1) is 13.8 Å². The number of aryl methyl sites for hydroxylation is 2. The van der Waals surface area contributed by atoms with Gasteiger partial charge in [-0.05, 0) is 37.6 Å². The molecule has 2 rings (SSSR count). The van der Waals surface area contributed by atoms with Gasteiger partial charge in [-0.1, -0.05) is 20.8 Å². The van der Waals surface area contributed by atoms with Gasteiger partial charge in [-0.2, -0.15) is 0 Å². The normalized spacial score (nSPS) is 11.1. The number of H-pyrrole nitrogens is 1. The molecule has 0 saturated carbocycles. The fourth-order valence-corrected chi connectivity index (χ4v) is 2.40. The first kappa shape index (κ1) is 20.2. The summed E-state index contributed by atoms with van der Waals surface area (Å²) in [5.74, 6) is -0.759. The lowest BCUT2D eigenvalue weighted by Gasteiger charge is -2.18. The van der Waals surface area contributed by atoms with Crippen molar-refractivity contribution in [2.45, 2.75) is 40.0 Å². The minimum absolute atomic E-state index is 0.0476. The van der Waals surface area contributed by atoms with Gasteiger partial charge in [-0.15, -0.1) is 0 Å². The molecule has 1 amide bonds. The van der Waals surface area contributed by atoms with Crippen molar-refractivity contribution < 1.29 is 19.4 Å². The van der Waals surface area contributed by atoms with E-state index in [0.717, 1.165) is 0 Å². The number of nitrogens with zero attached hydrogens (tertiary/aromatic N) is 1. The van der Waals surface area contributed by atoms with Crippen molar-refractivity contribution >= 4 is 17.6 Å². The third kappa shape index (κ3) is 4.93. The molecule has 8 nitrogen and oxygen atoms in total. The largest absolute Gasteiger partial charge is 0.482 e. The molecule has 0 unspecified atom stereocenters. The number of hydrogen-bond donors (Lipinski definition) is 3. The van der Waals surface area contributed by atoms with Crippen LogP contribution in [0.15, 0.2) is 23.0 Å². The van der Waals surface area contributed by atoms with Crippen LogP contribution in [0.3, 0.4) is 0 Å². The number of carbonyl (C=O) groups is 2. The molecule has 0 aliphatic heterocycles. The molecule has 144 valence electrons. The highest BCUT2D eigenvalue weighted by molar-refractivity contribution is 6.05.